The van der Waals surface area contributed by atoms with Crippen LogP contribution in [-0.4, -0.2) is 51.9 Å². The number of methoxy groups -OCH3 is 1. The minimum absolute atomic E-state index is 0.0752. The summed E-state index contributed by atoms with van der Waals surface area (Å²) in [6.45, 7) is 2.77. The molecule has 134 valence electrons. The van der Waals surface area contributed by atoms with Gasteiger partial charge in [0.25, 0.3) is 5.91 Å². The monoisotopic (exact) mass is 355 g/mol. The van der Waals surface area contributed by atoms with E-state index >= 15 is 0 Å². The number of nitrogens with two attached hydrogens (primary N) is 1. The van der Waals surface area contributed by atoms with E-state index in [0.717, 1.165) is 12.8 Å². The molecule has 1 fully saturated rings. The minimum atomic E-state index is -3.69. The highest BCUT2D eigenvalue weighted by atomic mass is 32.2. The van der Waals surface area contributed by atoms with Crippen LogP contribution in [0.1, 0.15) is 30.1 Å². The SMILES string of the molecule is CCC[C@H]1CN(S(=O)(=O)c2ccc(OC)c(C(=O)NC)c2)C[C@@H]1N. The van der Waals surface area contributed by atoms with E-state index in [1.807, 2.05) is 0 Å². The van der Waals surface area contributed by atoms with Gasteiger partial charge in [0.2, 0.25) is 10.0 Å². The molecule has 1 saturated heterocycles. The van der Waals surface area contributed by atoms with E-state index in [9.17, 15) is 13.2 Å². The largest absolute Gasteiger partial charge is 0.496 e. The Hall–Kier alpha value is -1.64. The van der Waals surface area contributed by atoms with E-state index in [0.29, 0.717) is 18.8 Å². The number of rotatable bonds is 6. The summed E-state index contributed by atoms with van der Waals surface area (Å²) in [5, 5.41) is 2.49. The number of hydrogen-bond donors (Lipinski definition) is 2. The quantitative estimate of drug-likeness (QED) is 0.786. The van der Waals surface area contributed by atoms with E-state index in [1.165, 1.54) is 36.7 Å². The predicted molar refractivity (Wildman–Crippen MR) is 91.5 cm³/mol. The van der Waals surface area contributed by atoms with E-state index in [-0.39, 0.29) is 22.4 Å². The van der Waals surface area contributed by atoms with Crippen molar-refractivity contribution in [3.63, 3.8) is 0 Å². The lowest BCUT2D eigenvalue weighted by atomic mass is 9.99. The van der Waals surface area contributed by atoms with Gasteiger partial charge in [0.15, 0.2) is 0 Å². The summed E-state index contributed by atoms with van der Waals surface area (Å²) in [4.78, 5) is 12.0. The normalized spacial score (nSPS) is 21.7. The molecule has 0 bridgehead atoms. The van der Waals surface area contributed by atoms with E-state index < -0.39 is 15.9 Å². The van der Waals surface area contributed by atoms with Gasteiger partial charge in [-0.2, -0.15) is 4.31 Å². The molecule has 1 amide bonds. The molecular formula is C16H25N3O4S. The maximum absolute atomic E-state index is 12.9. The first kappa shape index (κ1) is 18.7. The molecule has 0 aromatic heterocycles. The van der Waals surface area contributed by atoms with Gasteiger partial charge in [-0.1, -0.05) is 13.3 Å². The zero-order valence-electron chi connectivity index (χ0n) is 14.3. The van der Waals surface area contributed by atoms with Crippen LogP contribution < -0.4 is 15.8 Å². The van der Waals surface area contributed by atoms with Crippen LogP contribution in [-0.2, 0) is 10.0 Å². The Bertz CT molecular complexity index is 705. The third kappa shape index (κ3) is 3.55. The average Bonchev–Trinajstić information content (AvgIpc) is 2.95. The van der Waals surface area contributed by atoms with Gasteiger partial charge in [0.1, 0.15) is 5.75 Å². The number of sulfonamides is 1. The van der Waals surface area contributed by atoms with E-state index in [2.05, 4.69) is 12.2 Å². The van der Waals surface area contributed by atoms with E-state index in [1.54, 1.807) is 0 Å². The standard InChI is InChI=1S/C16H25N3O4S/c1-4-5-11-9-19(10-14(11)17)24(21,22)12-6-7-15(23-3)13(8-12)16(20)18-2/h6-8,11,14H,4-5,9-10,17H2,1-3H3,(H,18,20)/t11-,14-/m0/s1. The second-order valence-corrected chi connectivity index (χ2v) is 7.91. The van der Waals surface area contributed by atoms with Crippen LogP contribution in [0, 0.1) is 5.92 Å². The highest BCUT2D eigenvalue weighted by molar-refractivity contribution is 7.89. The Morgan fingerprint density at radius 2 is 2.12 bits per heavy atom. The second-order valence-electron chi connectivity index (χ2n) is 5.98. The fraction of sp³-hybridized carbons (Fsp3) is 0.562. The molecule has 3 N–H and O–H groups in total. The fourth-order valence-electron chi connectivity index (χ4n) is 3.04. The molecule has 0 radical (unpaired) electrons. The van der Waals surface area contributed by atoms with Crippen molar-refractivity contribution in [1.82, 2.24) is 9.62 Å². The predicted octanol–water partition coefficient (Wildman–Crippen LogP) is 0.803. The Labute approximate surface area is 143 Å². The summed E-state index contributed by atoms with van der Waals surface area (Å²) < 4.78 is 32.3. The van der Waals surface area contributed by atoms with E-state index in [4.69, 9.17) is 10.5 Å². The smallest absolute Gasteiger partial charge is 0.254 e. The van der Waals surface area contributed by atoms with Crippen molar-refractivity contribution in [2.45, 2.75) is 30.7 Å². The molecule has 2 rings (SSSR count). The number of carbonyl (C=O) groups is 1. The van der Waals surface area contributed by atoms with Crippen molar-refractivity contribution >= 4 is 15.9 Å². The Kier molecular flexibility index (Phi) is 5.84. The van der Waals surface area contributed by atoms with Crippen LogP contribution in [0.4, 0.5) is 0 Å². The van der Waals surface area contributed by atoms with Gasteiger partial charge in [0.05, 0.1) is 17.6 Å². The topological polar surface area (TPSA) is 102 Å². The van der Waals surface area contributed by atoms with Crippen molar-refractivity contribution in [3.05, 3.63) is 23.8 Å². The first-order valence-corrected chi connectivity index (χ1v) is 9.45. The van der Waals surface area contributed by atoms with Crippen molar-refractivity contribution in [2.75, 3.05) is 27.2 Å². The van der Waals surface area contributed by atoms with Gasteiger partial charge in [0, 0.05) is 26.2 Å². The summed E-state index contributed by atoms with van der Waals surface area (Å²) in [7, 11) is -0.775. The Morgan fingerprint density at radius 3 is 2.71 bits per heavy atom. The van der Waals surface area contributed by atoms with Gasteiger partial charge in [-0.3, -0.25) is 4.79 Å². The molecule has 1 aliphatic heterocycles. The number of ether oxygens (including phenoxy) is 1. The molecular weight excluding hydrogens is 330 g/mol. The fourth-order valence-corrected chi connectivity index (χ4v) is 4.60. The zero-order valence-corrected chi connectivity index (χ0v) is 15.1. The summed E-state index contributed by atoms with van der Waals surface area (Å²) in [5.74, 6) is 0.0996. The summed E-state index contributed by atoms with van der Waals surface area (Å²) in [6.07, 6.45) is 1.87. The molecule has 24 heavy (non-hydrogen) atoms. The molecule has 2 atom stereocenters. The maximum Gasteiger partial charge on any atom is 0.254 e. The highest BCUT2D eigenvalue weighted by Crippen LogP contribution is 2.29. The number of carbonyl (C=O) groups excluding carboxylic acids is 1. The minimum Gasteiger partial charge on any atom is -0.496 e. The lowest BCUT2D eigenvalue weighted by Gasteiger charge is -2.17. The van der Waals surface area contributed by atoms with Gasteiger partial charge < -0.3 is 15.8 Å². The lowest BCUT2D eigenvalue weighted by molar-refractivity contribution is 0.0960. The van der Waals surface area contributed by atoms with Crippen molar-refractivity contribution in [2.24, 2.45) is 11.7 Å². The van der Waals surface area contributed by atoms with Crippen LogP contribution in [0.2, 0.25) is 0 Å². The highest BCUT2D eigenvalue weighted by Gasteiger charge is 2.37. The second kappa shape index (κ2) is 7.50. The molecule has 0 spiro atoms. The van der Waals surface area contributed by atoms with Gasteiger partial charge >= 0.3 is 0 Å². The van der Waals surface area contributed by atoms with Gasteiger partial charge in [-0.15, -0.1) is 0 Å². The number of hydrogen-bond acceptors (Lipinski definition) is 5. The third-order valence-corrected chi connectivity index (χ3v) is 6.23. The molecule has 0 saturated carbocycles. The number of benzene rings is 1. The number of nitrogens with one attached hydrogen (secondary N) is 1. The Morgan fingerprint density at radius 1 is 1.42 bits per heavy atom. The maximum atomic E-state index is 12.9. The summed E-state index contributed by atoms with van der Waals surface area (Å²) in [5.41, 5.74) is 6.27. The molecule has 1 aromatic carbocycles. The van der Waals surface area contributed by atoms with Crippen molar-refractivity contribution in [1.29, 1.82) is 0 Å². The van der Waals surface area contributed by atoms with Gasteiger partial charge in [-0.05, 0) is 30.5 Å². The number of nitrogens with zero attached hydrogens (tertiary/aromatic N) is 1. The first-order chi connectivity index (χ1) is 11.3. The van der Waals surface area contributed by atoms with Crippen molar-refractivity contribution in [3.8, 4) is 5.75 Å². The summed E-state index contributed by atoms with van der Waals surface area (Å²) in [6, 6.07) is 4.15. The van der Waals surface area contributed by atoms with Gasteiger partial charge in [-0.25, -0.2) is 8.42 Å². The van der Waals surface area contributed by atoms with Crippen LogP contribution in [0.25, 0.3) is 0 Å². The molecule has 1 heterocycles. The summed E-state index contributed by atoms with van der Waals surface area (Å²) >= 11 is 0. The van der Waals surface area contributed by atoms with Crippen LogP contribution in [0.5, 0.6) is 5.75 Å². The molecule has 0 unspecified atom stereocenters. The third-order valence-electron chi connectivity index (χ3n) is 4.40. The molecule has 1 aromatic rings. The Balaban J connectivity index is 2.35. The molecule has 0 aliphatic carbocycles. The molecule has 1 aliphatic rings. The van der Waals surface area contributed by atoms with Crippen LogP contribution in [0.15, 0.2) is 23.1 Å². The van der Waals surface area contributed by atoms with Crippen molar-refractivity contribution < 1.29 is 17.9 Å². The number of amides is 1. The van der Waals surface area contributed by atoms with Crippen LogP contribution in [0.3, 0.4) is 0 Å². The lowest BCUT2D eigenvalue weighted by Crippen LogP contribution is -2.32. The molecule has 7 nitrogen and oxygen atoms in total. The molecule has 8 heteroatoms. The average molecular weight is 355 g/mol. The zero-order chi connectivity index (χ0) is 17.9. The first-order valence-electron chi connectivity index (χ1n) is 8.01. The van der Waals surface area contributed by atoms with Crippen LogP contribution >= 0.6 is 0 Å².